The van der Waals surface area contributed by atoms with Crippen LogP contribution in [0.3, 0.4) is 0 Å². The van der Waals surface area contributed by atoms with Crippen LogP contribution in [0.1, 0.15) is 11.1 Å². The van der Waals surface area contributed by atoms with E-state index in [0.29, 0.717) is 6.07 Å². The van der Waals surface area contributed by atoms with E-state index in [4.69, 9.17) is 0 Å². The minimum atomic E-state index is -0.835. The number of ketones is 1. The van der Waals surface area contributed by atoms with Crippen molar-refractivity contribution in [2.45, 2.75) is 12.8 Å². The molecular formula is C15H10F4O. The van der Waals surface area contributed by atoms with Crippen LogP contribution in [0.5, 0.6) is 0 Å². The summed E-state index contributed by atoms with van der Waals surface area (Å²) in [6, 6.07) is 5.66. The van der Waals surface area contributed by atoms with Gasteiger partial charge in [0.25, 0.3) is 0 Å². The largest absolute Gasteiger partial charge is 0.299 e. The van der Waals surface area contributed by atoms with Crippen molar-refractivity contribution < 1.29 is 22.4 Å². The summed E-state index contributed by atoms with van der Waals surface area (Å²) in [5, 5.41) is 0. The molecule has 0 bridgehead atoms. The SMILES string of the molecule is O=C(Cc1ccc(F)cc1F)Cc1cc(F)ccc1F. The summed E-state index contributed by atoms with van der Waals surface area (Å²) < 4.78 is 52.4. The molecule has 0 atom stereocenters. The van der Waals surface area contributed by atoms with Gasteiger partial charge in [0.05, 0.1) is 0 Å². The molecule has 0 aromatic heterocycles. The fourth-order valence-electron chi connectivity index (χ4n) is 1.83. The van der Waals surface area contributed by atoms with E-state index < -0.39 is 29.1 Å². The Labute approximate surface area is 112 Å². The van der Waals surface area contributed by atoms with E-state index in [1.807, 2.05) is 0 Å². The predicted molar refractivity (Wildman–Crippen MR) is 65.1 cm³/mol. The molecule has 2 rings (SSSR count). The van der Waals surface area contributed by atoms with Crippen LogP contribution in [0, 0.1) is 23.3 Å². The third-order valence-electron chi connectivity index (χ3n) is 2.80. The molecule has 0 radical (unpaired) electrons. The van der Waals surface area contributed by atoms with Gasteiger partial charge >= 0.3 is 0 Å². The van der Waals surface area contributed by atoms with Crippen LogP contribution >= 0.6 is 0 Å². The number of carbonyl (C=O) groups excluding carboxylic acids is 1. The Morgan fingerprint density at radius 1 is 0.750 bits per heavy atom. The van der Waals surface area contributed by atoms with Gasteiger partial charge in [-0.1, -0.05) is 6.07 Å². The first-order chi connectivity index (χ1) is 9.45. The molecule has 0 unspecified atom stereocenters. The lowest BCUT2D eigenvalue weighted by molar-refractivity contribution is -0.117. The Morgan fingerprint density at radius 2 is 1.35 bits per heavy atom. The van der Waals surface area contributed by atoms with E-state index in [9.17, 15) is 22.4 Å². The van der Waals surface area contributed by atoms with Gasteiger partial charge in [0, 0.05) is 18.9 Å². The molecule has 5 heteroatoms. The Hall–Kier alpha value is -2.17. The van der Waals surface area contributed by atoms with E-state index in [-0.39, 0.29) is 24.0 Å². The lowest BCUT2D eigenvalue weighted by atomic mass is 10.0. The fourth-order valence-corrected chi connectivity index (χ4v) is 1.83. The van der Waals surface area contributed by atoms with E-state index in [1.165, 1.54) is 0 Å². The predicted octanol–water partition coefficient (Wildman–Crippen LogP) is 3.60. The quantitative estimate of drug-likeness (QED) is 0.783. The first-order valence-corrected chi connectivity index (χ1v) is 5.85. The molecule has 0 amide bonds. The number of carbonyl (C=O) groups is 1. The van der Waals surface area contributed by atoms with E-state index in [1.54, 1.807) is 0 Å². The van der Waals surface area contributed by atoms with Crippen molar-refractivity contribution in [1.29, 1.82) is 0 Å². The highest BCUT2D eigenvalue weighted by Gasteiger charge is 2.13. The van der Waals surface area contributed by atoms with Gasteiger partial charge in [0.1, 0.15) is 29.1 Å². The summed E-state index contributed by atoms with van der Waals surface area (Å²) in [6.07, 6.45) is -0.650. The molecule has 20 heavy (non-hydrogen) atoms. The van der Waals surface area contributed by atoms with Crippen molar-refractivity contribution in [3.8, 4) is 0 Å². The van der Waals surface area contributed by atoms with Crippen molar-refractivity contribution >= 4 is 5.78 Å². The summed E-state index contributed by atoms with van der Waals surface area (Å²) in [7, 11) is 0. The zero-order chi connectivity index (χ0) is 14.7. The highest BCUT2D eigenvalue weighted by atomic mass is 19.1. The number of benzene rings is 2. The molecule has 0 fully saturated rings. The van der Waals surface area contributed by atoms with Gasteiger partial charge in [-0.25, -0.2) is 17.6 Å². The number of halogens is 4. The molecule has 0 aliphatic heterocycles. The number of hydrogen-bond acceptors (Lipinski definition) is 1. The van der Waals surface area contributed by atoms with Crippen LogP contribution in [0.2, 0.25) is 0 Å². The molecule has 0 aliphatic rings. The van der Waals surface area contributed by atoms with Crippen molar-refractivity contribution in [1.82, 2.24) is 0 Å². The topological polar surface area (TPSA) is 17.1 Å². The summed E-state index contributed by atoms with van der Waals surface area (Å²) in [4.78, 5) is 11.7. The molecule has 0 spiro atoms. The average Bonchev–Trinajstić information content (AvgIpc) is 2.37. The number of Topliss-reactive ketones (excluding diaryl/α,β-unsaturated/α-hetero) is 1. The molecule has 104 valence electrons. The summed E-state index contributed by atoms with van der Waals surface area (Å²) in [5.74, 6) is -3.41. The van der Waals surface area contributed by atoms with Gasteiger partial charge < -0.3 is 0 Å². The van der Waals surface area contributed by atoms with E-state index in [2.05, 4.69) is 0 Å². The zero-order valence-corrected chi connectivity index (χ0v) is 10.3. The van der Waals surface area contributed by atoms with Gasteiger partial charge in [-0.15, -0.1) is 0 Å². The van der Waals surface area contributed by atoms with Gasteiger partial charge in [0.15, 0.2) is 0 Å². The number of rotatable bonds is 4. The Morgan fingerprint density at radius 3 is 2.05 bits per heavy atom. The average molecular weight is 282 g/mol. The first-order valence-electron chi connectivity index (χ1n) is 5.85. The maximum atomic E-state index is 13.4. The maximum Gasteiger partial charge on any atom is 0.141 e. The monoisotopic (exact) mass is 282 g/mol. The minimum Gasteiger partial charge on any atom is -0.299 e. The molecule has 1 nitrogen and oxygen atoms in total. The molecule has 0 saturated carbocycles. The molecule has 0 saturated heterocycles. The molecule has 0 aliphatic carbocycles. The normalized spacial score (nSPS) is 10.6. The molecular weight excluding hydrogens is 272 g/mol. The van der Waals surface area contributed by atoms with Crippen LogP contribution in [-0.4, -0.2) is 5.78 Å². The van der Waals surface area contributed by atoms with Crippen LogP contribution in [0.15, 0.2) is 36.4 Å². The van der Waals surface area contributed by atoms with Crippen LogP contribution in [0.4, 0.5) is 17.6 Å². The molecule has 0 heterocycles. The van der Waals surface area contributed by atoms with Crippen molar-refractivity contribution in [3.05, 3.63) is 70.8 Å². The van der Waals surface area contributed by atoms with Crippen LogP contribution in [-0.2, 0) is 17.6 Å². The van der Waals surface area contributed by atoms with Crippen molar-refractivity contribution in [2.75, 3.05) is 0 Å². The second kappa shape index (κ2) is 5.86. The summed E-state index contributed by atoms with van der Waals surface area (Å²) in [6.45, 7) is 0. The van der Waals surface area contributed by atoms with Gasteiger partial charge in [-0.3, -0.25) is 4.79 Å². The second-order valence-electron chi connectivity index (χ2n) is 4.36. The molecule has 0 N–H and O–H groups in total. The van der Waals surface area contributed by atoms with Crippen molar-refractivity contribution in [3.63, 3.8) is 0 Å². The first kappa shape index (κ1) is 14.2. The van der Waals surface area contributed by atoms with E-state index in [0.717, 1.165) is 30.3 Å². The lowest BCUT2D eigenvalue weighted by Gasteiger charge is -2.05. The standard InChI is InChI=1S/C15H10F4O/c16-11-3-4-14(18)10(5-11)7-13(20)6-9-1-2-12(17)8-15(9)19/h1-5,8H,6-7H2. The number of hydrogen-bond donors (Lipinski definition) is 0. The van der Waals surface area contributed by atoms with Crippen LogP contribution < -0.4 is 0 Å². The van der Waals surface area contributed by atoms with Gasteiger partial charge in [-0.2, -0.15) is 0 Å². The third kappa shape index (κ3) is 3.44. The highest BCUT2D eigenvalue weighted by molar-refractivity contribution is 5.83. The fraction of sp³-hybridized carbons (Fsp3) is 0.133. The third-order valence-corrected chi connectivity index (χ3v) is 2.80. The smallest absolute Gasteiger partial charge is 0.141 e. The summed E-state index contributed by atoms with van der Waals surface area (Å²) >= 11 is 0. The highest BCUT2D eigenvalue weighted by Crippen LogP contribution is 2.14. The van der Waals surface area contributed by atoms with Crippen LogP contribution in [0.25, 0.3) is 0 Å². The van der Waals surface area contributed by atoms with Gasteiger partial charge in [-0.05, 0) is 35.4 Å². The Kier molecular flexibility index (Phi) is 4.17. The Bertz CT molecular complexity index is 652. The lowest BCUT2D eigenvalue weighted by Crippen LogP contribution is -2.09. The van der Waals surface area contributed by atoms with Crippen molar-refractivity contribution in [2.24, 2.45) is 0 Å². The van der Waals surface area contributed by atoms with E-state index >= 15 is 0 Å². The summed E-state index contributed by atoms with van der Waals surface area (Å²) in [5.41, 5.74) is -0.0641. The van der Waals surface area contributed by atoms with Gasteiger partial charge in [0.2, 0.25) is 0 Å². The minimum absolute atomic E-state index is 0.0215. The zero-order valence-electron chi connectivity index (χ0n) is 10.3. The second-order valence-corrected chi connectivity index (χ2v) is 4.36. The molecule has 2 aromatic carbocycles. The Balaban J connectivity index is 2.11. The maximum absolute atomic E-state index is 13.4. The molecule has 2 aromatic rings.